The normalized spacial score (nSPS) is 23.8. The summed E-state index contributed by atoms with van der Waals surface area (Å²) in [5.41, 5.74) is 0. The van der Waals surface area contributed by atoms with E-state index in [1.165, 1.54) is 0 Å². The lowest BCUT2D eigenvalue weighted by Gasteiger charge is -2.36. The minimum atomic E-state index is 0.194. The van der Waals surface area contributed by atoms with E-state index in [0.29, 0.717) is 5.15 Å². The van der Waals surface area contributed by atoms with Crippen molar-refractivity contribution >= 4 is 28.2 Å². The number of aromatic nitrogens is 2. The van der Waals surface area contributed by atoms with Gasteiger partial charge in [-0.15, -0.1) is 10.2 Å². The number of halogens is 1. The second-order valence-corrected chi connectivity index (χ2v) is 5.38. The third kappa shape index (κ3) is 2.38. The first-order chi connectivity index (χ1) is 9.15. The highest BCUT2D eigenvalue weighted by Crippen LogP contribution is 2.29. The fraction of sp³-hybridized carbons (Fsp3) is 0.429. The Morgan fingerprint density at radius 3 is 2.42 bits per heavy atom. The fourth-order valence-electron chi connectivity index (χ4n) is 2.64. The summed E-state index contributed by atoms with van der Waals surface area (Å²) in [5, 5.41) is 10.8. The molecule has 19 heavy (non-hydrogen) atoms. The monoisotopic (exact) mass is 277 g/mol. The fourth-order valence-corrected chi connectivity index (χ4v) is 2.84. The second kappa shape index (κ2) is 4.94. The van der Waals surface area contributed by atoms with Crippen molar-refractivity contribution in [3.8, 4) is 0 Å². The molecule has 0 N–H and O–H groups in total. The third-order valence-electron chi connectivity index (χ3n) is 3.34. The van der Waals surface area contributed by atoms with Gasteiger partial charge in [-0.05, 0) is 13.8 Å². The minimum Gasteiger partial charge on any atom is -0.372 e. The number of hydrogen-bond donors (Lipinski definition) is 0. The first kappa shape index (κ1) is 12.6. The highest BCUT2D eigenvalue weighted by molar-refractivity contribution is 6.34. The molecular weight excluding hydrogens is 262 g/mol. The van der Waals surface area contributed by atoms with Crippen LogP contribution in [0.3, 0.4) is 0 Å². The van der Waals surface area contributed by atoms with E-state index in [1.54, 1.807) is 0 Å². The lowest BCUT2D eigenvalue weighted by molar-refractivity contribution is -0.00540. The van der Waals surface area contributed by atoms with E-state index in [-0.39, 0.29) is 12.2 Å². The zero-order valence-corrected chi connectivity index (χ0v) is 11.8. The van der Waals surface area contributed by atoms with Gasteiger partial charge in [0.1, 0.15) is 0 Å². The van der Waals surface area contributed by atoms with E-state index < -0.39 is 0 Å². The van der Waals surface area contributed by atoms with Crippen molar-refractivity contribution in [3.05, 3.63) is 29.4 Å². The van der Waals surface area contributed by atoms with E-state index in [1.807, 2.05) is 24.3 Å². The molecule has 1 fully saturated rings. The minimum absolute atomic E-state index is 0.194. The van der Waals surface area contributed by atoms with Crippen molar-refractivity contribution in [2.24, 2.45) is 0 Å². The van der Waals surface area contributed by atoms with E-state index >= 15 is 0 Å². The average molecular weight is 278 g/mol. The van der Waals surface area contributed by atoms with E-state index in [2.05, 4.69) is 28.9 Å². The molecule has 0 amide bonds. The molecule has 4 nitrogen and oxygen atoms in total. The van der Waals surface area contributed by atoms with Crippen molar-refractivity contribution in [1.82, 2.24) is 10.2 Å². The summed E-state index contributed by atoms with van der Waals surface area (Å²) in [5.74, 6) is 0.891. The maximum Gasteiger partial charge on any atom is 0.159 e. The molecule has 1 aromatic heterocycles. The zero-order valence-electron chi connectivity index (χ0n) is 11.0. The van der Waals surface area contributed by atoms with Crippen LogP contribution < -0.4 is 4.90 Å². The Kier molecular flexibility index (Phi) is 3.29. The summed E-state index contributed by atoms with van der Waals surface area (Å²) in [4.78, 5) is 2.23. The molecule has 5 heteroatoms. The van der Waals surface area contributed by atoms with Gasteiger partial charge in [0.2, 0.25) is 0 Å². The van der Waals surface area contributed by atoms with Gasteiger partial charge < -0.3 is 9.64 Å². The largest absolute Gasteiger partial charge is 0.372 e. The third-order valence-corrected chi connectivity index (χ3v) is 3.62. The smallest absolute Gasteiger partial charge is 0.159 e. The molecule has 0 aliphatic carbocycles. The molecule has 0 radical (unpaired) electrons. The highest BCUT2D eigenvalue weighted by atomic mass is 35.5. The second-order valence-electron chi connectivity index (χ2n) is 5.02. The van der Waals surface area contributed by atoms with Crippen LogP contribution in [0.5, 0.6) is 0 Å². The van der Waals surface area contributed by atoms with Crippen LogP contribution >= 0.6 is 11.6 Å². The lowest BCUT2D eigenvalue weighted by Crippen LogP contribution is -2.46. The number of rotatable bonds is 1. The standard InChI is InChI=1S/C14H16ClN3O/c1-9-7-18(8-10(2)19-9)14-12-6-4-3-5-11(12)13(15)16-17-14/h3-6,9-10H,7-8H2,1-2H3. The maximum absolute atomic E-state index is 6.11. The van der Waals surface area contributed by atoms with Gasteiger partial charge in [-0.1, -0.05) is 35.9 Å². The molecule has 0 bridgehead atoms. The Labute approximate surface area is 117 Å². The number of anilines is 1. The van der Waals surface area contributed by atoms with Crippen molar-refractivity contribution in [3.63, 3.8) is 0 Å². The quantitative estimate of drug-likeness (QED) is 0.803. The first-order valence-electron chi connectivity index (χ1n) is 6.46. The topological polar surface area (TPSA) is 38.2 Å². The molecule has 0 saturated carbocycles. The van der Waals surface area contributed by atoms with Crippen molar-refractivity contribution in [2.45, 2.75) is 26.1 Å². The molecule has 1 saturated heterocycles. The molecule has 1 aromatic carbocycles. The Morgan fingerprint density at radius 1 is 1.11 bits per heavy atom. The Bertz CT molecular complexity index is 594. The van der Waals surface area contributed by atoms with Gasteiger partial charge in [0.15, 0.2) is 11.0 Å². The van der Waals surface area contributed by atoms with Crippen LogP contribution in [-0.4, -0.2) is 35.5 Å². The Hall–Kier alpha value is -1.39. The van der Waals surface area contributed by atoms with Crippen LogP contribution in [0.2, 0.25) is 5.15 Å². The summed E-state index contributed by atoms with van der Waals surface area (Å²) >= 11 is 6.11. The maximum atomic E-state index is 6.11. The Balaban J connectivity index is 2.07. The van der Waals surface area contributed by atoms with E-state index in [0.717, 1.165) is 29.7 Å². The van der Waals surface area contributed by atoms with Gasteiger partial charge >= 0.3 is 0 Å². The van der Waals surface area contributed by atoms with Gasteiger partial charge in [-0.25, -0.2) is 0 Å². The van der Waals surface area contributed by atoms with Crippen LogP contribution in [-0.2, 0) is 4.74 Å². The number of morpholine rings is 1. The van der Waals surface area contributed by atoms with Crippen LogP contribution in [0.1, 0.15) is 13.8 Å². The molecular formula is C14H16ClN3O. The number of hydrogen-bond acceptors (Lipinski definition) is 4. The van der Waals surface area contributed by atoms with Crippen LogP contribution in [0, 0.1) is 0 Å². The van der Waals surface area contributed by atoms with Gasteiger partial charge in [0, 0.05) is 23.9 Å². The van der Waals surface area contributed by atoms with Gasteiger partial charge in [-0.2, -0.15) is 0 Å². The predicted molar refractivity (Wildman–Crippen MR) is 76.8 cm³/mol. The average Bonchev–Trinajstić information content (AvgIpc) is 2.38. The van der Waals surface area contributed by atoms with Crippen molar-refractivity contribution in [1.29, 1.82) is 0 Å². The number of nitrogens with zero attached hydrogens (tertiary/aromatic N) is 3. The molecule has 1 aliphatic heterocycles. The Morgan fingerprint density at radius 2 is 1.74 bits per heavy atom. The first-order valence-corrected chi connectivity index (χ1v) is 6.84. The van der Waals surface area contributed by atoms with E-state index in [4.69, 9.17) is 16.3 Å². The number of benzene rings is 1. The molecule has 2 heterocycles. The summed E-state index contributed by atoms with van der Waals surface area (Å²) in [6.07, 6.45) is 0.389. The molecule has 2 atom stereocenters. The summed E-state index contributed by atoms with van der Waals surface area (Å²) in [6.45, 7) is 5.80. The van der Waals surface area contributed by atoms with Crippen molar-refractivity contribution in [2.75, 3.05) is 18.0 Å². The molecule has 3 rings (SSSR count). The molecule has 100 valence electrons. The van der Waals surface area contributed by atoms with Crippen LogP contribution in [0.15, 0.2) is 24.3 Å². The summed E-state index contributed by atoms with van der Waals surface area (Å²) in [6, 6.07) is 7.97. The van der Waals surface area contributed by atoms with Crippen LogP contribution in [0.4, 0.5) is 5.82 Å². The van der Waals surface area contributed by atoms with Crippen LogP contribution in [0.25, 0.3) is 10.8 Å². The molecule has 2 aromatic rings. The number of fused-ring (bicyclic) bond motifs is 1. The predicted octanol–water partition coefficient (Wildman–Crippen LogP) is 2.90. The van der Waals surface area contributed by atoms with Crippen molar-refractivity contribution < 1.29 is 4.74 Å². The highest BCUT2D eigenvalue weighted by Gasteiger charge is 2.25. The SMILES string of the molecule is CC1CN(c2nnc(Cl)c3ccccc23)CC(C)O1. The van der Waals surface area contributed by atoms with Gasteiger partial charge in [0.05, 0.1) is 12.2 Å². The number of ether oxygens (including phenoxy) is 1. The summed E-state index contributed by atoms with van der Waals surface area (Å²) < 4.78 is 5.76. The molecule has 0 spiro atoms. The molecule has 1 aliphatic rings. The lowest BCUT2D eigenvalue weighted by atomic mass is 10.1. The summed E-state index contributed by atoms with van der Waals surface area (Å²) in [7, 11) is 0. The molecule has 2 unspecified atom stereocenters. The van der Waals surface area contributed by atoms with E-state index in [9.17, 15) is 0 Å². The van der Waals surface area contributed by atoms with Gasteiger partial charge in [0.25, 0.3) is 0 Å². The van der Waals surface area contributed by atoms with Gasteiger partial charge in [-0.3, -0.25) is 0 Å². The zero-order chi connectivity index (χ0) is 13.4.